The monoisotopic (exact) mass is 435 g/mol. The largest absolute Gasteiger partial charge is 0.326 e. The van der Waals surface area contributed by atoms with Gasteiger partial charge in [-0.15, -0.1) is 0 Å². The van der Waals surface area contributed by atoms with Crippen molar-refractivity contribution in [2.24, 2.45) is 5.14 Å². The fourth-order valence-electron chi connectivity index (χ4n) is 3.17. The van der Waals surface area contributed by atoms with Crippen molar-refractivity contribution in [3.63, 3.8) is 0 Å². The molecule has 1 fully saturated rings. The van der Waals surface area contributed by atoms with E-state index < -0.39 is 27.9 Å². The van der Waals surface area contributed by atoms with Crippen molar-refractivity contribution in [2.75, 3.05) is 4.90 Å². The minimum atomic E-state index is -3.90. The molecule has 152 valence electrons. The molecule has 29 heavy (non-hydrogen) atoms. The van der Waals surface area contributed by atoms with Crippen LogP contribution in [0.25, 0.3) is 0 Å². The first-order valence-electron chi connectivity index (χ1n) is 8.60. The maximum absolute atomic E-state index is 13.0. The van der Waals surface area contributed by atoms with Gasteiger partial charge in [0.25, 0.3) is 5.91 Å². The summed E-state index contributed by atoms with van der Waals surface area (Å²) in [6, 6.07) is 11.0. The summed E-state index contributed by atoms with van der Waals surface area (Å²) in [5.74, 6) is -1.43. The normalized spacial score (nSPS) is 16.9. The van der Waals surface area contributed by atoms with Gasteiger partial charge in [0.05, 0.1) is 17.0 Å². The molecule has 1 atom stereocenters. The van der Waals surface area contributed by atoms with Gasteiger partial charge >= 0.3 is 0 Å². The van der Waals surface area contributed by atoms with E-state index in [0.29, 0.717) is 10.6 Å². The van der Waals surface area contributed by atoms with Crippen LogP contribution in [0.2, 0.25) is 5.02 Å². The van der Waals surface area contributed by atoms with Crippen molar-refractivity contribution in [3.8, 4) is 0 Å². The molecule has 0 radical (unpaired) electrons. The Labute approximate surface area is 172 Å². The zero-order valence-corrected chi connectivity index (χ0v) is 17.0. The van der Waals surface area contributed by atoms with Crippen LogP contribution in [-0.2, 0) is 31.0 Å². The third-order valence-electron chi connectivity index (χ3n) is 4.63. The third-order valence-corrected chi connectivity index (χ3v) is 5.92. The topological polar surface area (TPSA) is 118 Å². The number of amides is 3. The minimum absolute atomic E-state index is 0.0802. The van der Waals surface area contributed by atoms with E-state index >= 15 is 0 Å². The number of sulfonamides is 1. The SMILES string of the molecule is CC(=O)N(Cc1ccccc1Cl)C1CC(=O)N(c2ccc(S(N)(=O)=O)cc2)C1=O. The molecule has 0 aromatic heterocycles. The van der Waals surface area contributed by atoms with Crippen LogP contribution in [0.15, 0.2) is 53.4 Å². The molecule has 2 aromatic rings. The average Bonchev–Trinajstić information content (AvgIpc) is 2.94. The number of anilines is 1. The van der Waals surface area contributed by atoms with Crippen LogP contribution in [0.1, 0.15) is 18.9 Å². The molecule has 0 spiro atoms. The summed E-state index contributed by atoms with van der Waals surface area (Å²) in [6.07, 6.45) is -0.181. The van der Waals surface area contributed by atoms with Gasteiger partial charge in [-0.1, -0.05) is 29.8 Å². The molecule has 8 nitrogen and oxygen atoms in total. The molecule has 1 saturated heterocycles. The van der Waals surface area contributed by atoms with Gasteiger partial charge in [0.1, 0.15) is 6.04 Å². The summed E-state index contributed by atoms with van der Waals surface area (Å²) in [4.78, 5) is 39.8. The lowest BCUT2D eigenvalue weighted by Crippen LogP contribution is -2.44. The van der Waals surface area contributed by atoms with Gasteiger partial charge in [-0.25, -0.2) is 18.5 Å². The van der Waals surface area contributed by atoms with Crippen LogP contribution in [0, 0.1) is 0 Å². The number of rotatable bonds is 5. The summed E-state index contributed by atoms with van der Waals surface area (Å²) < 4.78 is 22.8. The molecule has 10 heteroatoms. The smallest absolute Gasteiger partial charge is 0.257 e. The molecule has 1 aliphatic rings. The van der Waals surface area contributed by atoms with Crippen molar-refractivity contribution in [1.82, 2.24) is 4.90 Å². The Kier molecular flexibility index (Phi) is 5.74. The minimum Gasteiger partial charge on any atom is -0.326 e. The van der Waals surface area contributed by atoms with Crippen molar-refractivity contribution in [3.05, 3.63) is 59.1 Å². The Balaban J connectivity index is 1.88. The highest BCUT2D eigenvalue weighted by atomic mass is 35.5. The Morgan fingerprint density at radius 2 is 1.79 bits per heavy atom. The molecule has 0 aliphatic carbocycles. The second-order valence-electron chi connectivity index (χ2n) is 6.56. The van der Waals surface area contributed by atoms with Gasteiger partial charge < -0.3 is 4.90 Å². The lowest BCUT2D eigenvalue weighted by molar-refractivity contribution is -0.137. The van der Waals surface area contributed by atoms with Crippen LogP contribution >= 0.6 is 11.6 Å². The van der Waals surface area contributed by atoms with Crippen molar-refractivity contribution < 1.29 is 22.8 Å². The molecule has 2 N–H and O–H groups in total. The van der Waals surface area contributed by atoms with E-state index in [1.54, 1.807) is 24.3 Å². The van der Waals surface area contributed by atoms with Crippen LogP contribution in [-0.4, -0.2) is 37.1 Å². The first-order chi connectivity index (χ1) is 13.6. The number of imide groups is 1. The number of carbonyl (C=O) groups excluding carboxylic acids is 3. The van der Waals surface area contributed by atoms with Gasteiger partial charge in [0, 0.05) is 18.5 Å². The fourth-order valence-corrected chi connectivity index (χ4v) is 3.88. The average molecular weight is 436 g/mol. The highest BCUT2D eigenvalue weighted by molar-refractivity contribution is 7.89. The lowest BCUT2D eigenvalue weighted by atomic mass is 10.1. The van der Waals surface area contributed by atoms with Gasteiger partial charge in [0.2, 0.25) is 21.8 Å². The van der Waals surface area contributed by atoms with Crippen LogP contribution in [0.5, 0.6) is 0 Å². The first-order valence-corrected chi connectivity index (χ1v) is 10.5. The number of benzene rings is 2. The lowest BCUT2D eigenvalue weighted by Gasteiger charge is -2.27. The number of hydrogen-bond acceptors (Lipinski definition) is 5. The summed E-state index contributed by atoms with van der Waals surface area (Å²) in [5, 5.41) is 5.52. The number of primary sulfonamides is 1. The molecule has 1 heterocycles. The van der Waals surface area contributed by atoms with Gasteiger partial charge in [0.15, 0.2) is 0 Å². The van der Waals surface area contributed by atoms with E-state index in [1.807, 2.05) is 0 Å². The molecule has 1 aliphatic heterocycles. The quantitative estimate of drug-likeness (QED) is 0.716. The van der Waals surface area contributed by atoms with E-state index in [2.05, 4.69) is 0 Å². The number of nitrogens with zero attached hydrogens (tertiary/aromatic N) is 2. The van der Waals surface area contributed by atoms with E-state index in [4.69, 9.17) is 16.7 Å². The molecule has 2 aromatic carbocycles. The summed E-state index contributed by atoms with van der Waals surface area (Å²) in [5.41, 5.74) is 0.858. The van der Waals surface area contributed by atoms with E-state index in [9.17, 15) is 22.8 Å². The summed E-state index contributed by atoms with van der Waals surface area (Å²) in [7, 11) is -3.90. The molecule has 0 saturated carbocycles. The highest BCUT2D eigenvalue weighted by Gasteiger charge is 2.43. The Bertz CT molecular complexity index is 1090. The molecular formula is C19H18ClN3O5S. The number of halogens is 1. The maximum Gasteiger partial charge on any atom is 0.257 e. The van der Waals surface area contributed by atoms with E-state index in [1.165, 1.54) is 36.1 Å². The maximum atomic E-state index is 13.0. The van der Waals surface area contributed by atoms with Crippen molar-refractivity contribution >= 4 is 45.0 Å². The van der Waals surface area contributed by atoms with Gasteiger partial charge in [-0.3, -0.25) is 14.4 Å². The van der Waals surface area contributed by atoms with Crippen LogP contribution < -0.4 is 10.0 Å². The number of nitrogens with two attached hydrogens (primary N) is 1. The Hall–Kier alpha value is -2.75. The molecule has 0 bridgehead atoms. The standard InChI is InChI=1S/C19H18ClN3O5S/c1-12(24)22(11-13-4-2-3-5-16(13)20)17-10-18(25)23(19(17)26)14-6-8-15(9-7-14)29(21,27)28/h2-9,17H,10-11H2,1H3,(H2,21,27,28). The van der Waals surface area contributed by atoms with Crippen LogP contribution in [0.4, 0.5) is 5.69 Å². The van der Waals surface area contributed by atoms with E-state index in [-0.39, 0.29) is 29.5 Å². The highest BCUT2D eigenvalue weighted by Crippen LogP contribution is 2.28. The van der Waals surface area contributed by atoms with E-state index in [0.717, 1.165) is 4.90 Å². The van der Waals surface area contributed by atoms with Crippen LogP contribution in [0.3, 0.4) is 0 Å². The van der Waals surface area contributed by atoms with Gasteiger partial charge in [-0.05, 0) is 35.9 Å². The Morgan fingerprint density at radius 1 is 1.17 bits per heavy atom. The van der Waals surface area contributed by atoms with Gasteiger partial charge in [-0.2, -0.15) is 0 Å². The molecule has 3 rings (SSSR count). The molecule has 1 unspecified atom stereocenters. The second kappa shape index (κ2) is 7.94. The number of hydrogen-bond donors (Lipinski definition) is 1. The first kappa shape index (κ1) is 21.0. The molecule has 3 amide bonds. The van der Waals surface area contributed by atoms with Crippen molar-refractivity contribution in [2.45, 2.75) is 30.8 Å². The third kappa shape index (κ3) is 4.31. The zero-order valence-electron chi connectivity index (χ0n) is 15.4. The predicted molar refractivity (Wildman–Crippen MR) is 106 cm³/mol. The second-order valence-corrected chi connectivity index (χ2v) is 8.53. The summed E-state index contributed by atoms with van der Waals surface area (Å²) in [6.45, 7) is 1.40. The number of carbonyl (C=O) groups is 3. The fraction of sp³-hybridized carbons (Fsp3) is 0.211. The van der Waals surface area contributed by atoms with Crippen molar-refractivity contribution in [1.29, 1.82) is 0 Å². The Morgan fingerprint density at radius 3 is 2.34 bits per heavy atom. The predicted octanol–water partition coefficient (Wildman–Crippen LogP) is 1.67. The zero-order chi connectivity index (χ0) is 21.3. The molecular weight excluding hydrogens is 418 g/mol. The summed E-state index contributed by atoms with van der Waals surface area (Å²) >= 11 is 6.16.